The summed E-state index contributed by atoms with van der Waals surface area (Å²) in [6.45, 7) is 0. The Hall–Kier alpha value is -2.35. The Morgan fingerprint density at radius 1 is 1.11 bits per heavy atom. The zero-order valence-electron chi connectivity index (χ0n) is 15.1. The molecule has 1 unspecified atom stereocenters. The van der Waals surface area contributed by atoms with Gasteiger partial charge in [-0.15, -0.1) is 11.8 Å². The van der Waals surface area contributed by atoms with Crippen molar-refractivity contribution in [2.75, 3.05) is 6.26 Å². The summed E-state index contributed by atoms with van der Waals surface area (Å²) in [7, 11) is -3.67. The summed E-state index contributed by atoms with van der Waals surface area (Å²) in [6, 6.07) is 17.5. The third kappa shape index (κ3) is 3.65. The van der Waals surface area contributed by atoms with Crippen LogP contribution in [-0.4, -0.2) is 14.7 Å². The zero-order valence-corrected chi connectivity index (χ0v) is 16.7. The van der Waals surface area contributed by atoms with Crippen LogP contribution in [0.5, 0.6) is 5.75 Å². The minimum Gasteiger partial charge on any atom is -0.480 e. The highest BCUT2D eigenvalue weighted by Gasteiger charge is 2.29. The number of rotatable bonds is 4. The highest BCUT2D eigenvalue weighted by atomic mass is 32.2. The molecule has 1 atom stereocenters. The second-order valence-electron chi connectivity index (χ2n) is 6.62. The molecule has 4 nitrogen and oxygen atoms in total. The van der Waals surface area contributed by atoms with Crippen LogP contribution in [-0.2, 0) is 15.8 Å². The van der Waals surface area contributed by atoms with Crippen molar-refractivity contribution in [3.8, 4) is 16.9 Å². The monoisotopic (exact) mass is 415 g/mol. The van der Waals surface area contributed by atoms with Gasteiger partial charge in [0.2, 0.25) is 10.0 Å². The van der Waals surface area contributed by atoms with Crippen LogP contribution in [0.3, 0.4) is 0 Å². The molecule has 3 aromatic rings. The summed E-state index contributed by atoms with van der Waals surface area (Å²) in [5, 5.41) is 5.22. The molecule has 144 valence electrons. The molecule has 7 heteroatoms. The number of nitrogens with two attached hydrogens (primary N) is 1. The van der Waals surface area contributed by atoms with Crippen LogP contribution in [0.4, 0.5) is 4.39 Å². The van der Waals surface area contributed by atoms with Crippen molar-refractivity contribution in [1.82, 2.24) is 0 Å². The molecule has 0 bridgehead atoms. The van der Waals surface area contributed by atoms with Gasteiger partial charge < -0.3 is 4.74 Å². The summed E-state index contributed by atoms with van der Waals surface area (Å²) in [6.07, 6.45) is 1.44. The van der Waals surface area contributed by atoms with Gasteiger partial charge in [-0.25, -0.2) is 17.9 Å². The predicted octanol–water partition coefficient (Wildman–Crippen LogP) is 4.48. The van der Waals surface area contributed by atoms with Gasteiger partial charge in [-0.1, -0.05) is 36.4 Å². The molecule has 1 heterocycles. The normalized spacial score (nSPS) is 15.5. The van der Waals surface area contributed by atoms with Gasteiger partial charge in [0.15, 0.2) is 0 Å². The van der Waals surface area contributed by atoms with Gasteiger partial charge in [-0.3, -0.25) is 0 Å². The van der Waals surface area contributed by atoms with Crippen LogP contribution < -0.4 is 9.88 Å². The van der Waals surface area contributed by atoms with Crippen LogP contribution in [0.25, 0.3) is 11.1 Å². The fourth-order valence-corrected chi connectivity index (χ4v) is 4.80. The Morgan fingerprint density at radius 2 is 1.89 bits per heavy atom. The Labute approximate surface area is 167 Å². The standard InChI is InChI=1S/C21H18FNO3S2/c1-27-19-7-3-6-18-20(19)16-9-8-13(12-28(23,24)25)10-17(16)21(26-18)14-4-2-5-15(22)11-14/h2-11,21H,12H2,1H3,(H2,23,24,25). The van der Waals surface area contributed by atoms with Crippen LogP contribution >= 0.6 is 11.8 Å². The quantitative estimate of drug-likeness (QED) is 0.638. The highest BCUT2D eigenvalue weighted by molar-refractivity contribution is 7.98. The Bertz CT molecular complexity index is 1160. The van der Waals surface area contributed by atoms with E-state index in [1.807, 2.05) is 30.5 Å². The fourth-order valence-electron chi connectivity index (χ4n) is 3.53. The van der Waals surface area contributed by atoms with Gasteiger partial charge in [0.1, 0.15) is 17.7 Å². The smallest absolute Gasteiger partial charge is 0.213 e. The van der Waals surface area contributed by atoms with E-state index in [0.717, 1.165) is 21.6 Å². The van der Waals surface area contributed by atoms with Crippen LogP contribution in [0.1, 0.15) is 22.8 Å². The van der Waals surface area contributed by atoms with Gasteiger partial charge in [0.05, 0.1) is 5.75 Å². The first kappa shape index (κ1) is 19.0. The van der Waals surface area contributed by atoms with Gasteiger partial charge in [-0.2, -0.15) is 0 Å². The minimum atomic E-state index is -3.67. The van der Waals surface area contributed by atoms with E-state index < -0.39 is 16.1 Å². The molecule has 0 saturated heterocycles. The highest BCUT2D eigenvalue weighted by Crippen LogP contribution is 2.48. The molecule has 2 N–H and O–H groups in total. The first-order valence-corrected chi connectivity index (χ1v) is 11.5. The molecule has 0 saturated carbocycles. The lowest BCUT2D eigenvalue weighted by Gasteiger charge is -2.30. The van der Waals surface area contributed by atoms with E-state index in [2.05, 4.69) is 0 Å². The minimum absolute atomic E-state index is 0.271. The summed E-state index contributed by atoms with van der Waals surface area (Å²) < 4.78 is 43.2. The largest absolute Gasteiger partial charge is 0.480 e. The molecule has 0 amide bonds. The number of sulfonamides is 1. The Morgan fingerprint density at radius 3 is 2.61 bits per heavy atom. The maximum atomic E-state index is 13.9. The number of benzene rings is 3. The van der Waals surface area contributed by atoms with Gasteiger partial charge in [0.25, 0.3) is 0 Å². The van der Waals surface area contributed by atoms with E-state index in [-0.39, 0.29) is 11.6 Å². The lowest BCUT2D eigenvalue weighted by molar-refractivity contribution is 0.242. The molecule has 1 aliphatic rings. The van der Waals surface area contributed by atoms with Crippen LogP contribution in [0, 0.1) is 5.82 Å². The Kier molecular flexibility index (Phi) is 4.91. The lowest BCUT2D eigenvalue weighted by Crippen LogP contribution is -2.18. The zero-order chi connectivity index (χ0) is 19.9. The molecule has 0 spiro atoms. The van der Waals surface area contributed by atoms with Gasteiger partial charge in [0, 0.05) is 16.0 Å². The second-order valence-corrected chi connectivity index (χ2v) is 9.08. The van der Waals surface area contributed by atoms with Gasteiger partial charge >= 0.3 is 0 Å². The van der Waals surface area contributed by atoms with Crippen molar-refractivity contribution in [3.05, 3.63) is 83.2 Å². The molecule has 3 aromatic carbocycles. The van der Waals surface area contributed by atoms with E-state index in [9.17, 15) is 12.8 Å². The average molecular weight is 416 g/mol. The summed E-state index contributed by atoms with van der Waals surface area (Å²) in [4.78, 5) is 1.05. The topological polar surface area (TPSA) is 69.4 Å². The average Bonchev–Trinajstić information content (AvgIpc) is 2.65. The van der Waals surface area contributed by atoms with Crippen molar-refractivity contribution >= 4 is 21.8 Å². The van der Waals surface area contributed by atoms with Crippen molar-refractivity contribution in [2.45, 2.75) is 16.8 Å². The number of hydrogen-bond acceptors (Lipinski definition) is 4. The van der Waals surface area contributed by atoms with Crippen LogP contribution in [0.2, 0.25) is 0 Å². The predicted molar refractivity (Wildman–Crippen MR) is 109 cm³/mol. The van der Waals surface area contributed by atoms with E-state index in [4.69, 9.17) is 9.88 Å². The van der Waals surface area contributed by atoms with Gasteiger partial charge in [-0.05, 0) is 47.2 Å². The molecule has 0 aromatic heterocycles. The third-order valence-electron chi connectivity index (χ3n) is 4.64. The van der Waals surface area contributed by atoms with Crippen LogP contribution in [0.15, 0.2) is 65.6 Å². The Balaban J connectivity index is 1.93. The van der Waals surface area contributed by atoms with Crippen molar-refractivity contribution in [3.63, 3.8) is 0 Å². The second kappa shape index (κ2) is 7.24. The molecule has 4 rings (SSSR count). The maximum absolute atomic E-state index is 13.9. The van der Waals surface area contributed by atoms with Crippen molar-refractivity contribution < 1.29 is 17.5 Å². The number of fused-ring (bicyclic) bond motifs is 3. The van der Waals surface area contributed by atoms with E-state index >= 15 is 0 Å². The first-order valence-electron chi connectivity index (χ1n) is 8.58. The number of halogens is 1. The molecule has 28 heavy (non-hydrogen) atoms. The number of primary sulfonamides is 1. The first-order chi connectivity index (χ1) is 13.4. The lowest BCUT2D eigenvalue weighted by atomic mass is 9.88. The van der Waals surface area contributed by atoms with E-state index in [1.165, 1.54) is 12.1 Å². The van der Waals surface area contributed by atoms with E-state index in [1.54, 1.807) is 36.0 Å². The number of ether oxygens (including phenoxy) is 1. The fraction of sp³-hybridized carbons (Fsp3) is 0.143. The molecular formula is C21H18FNO3S2. The summed E-state index contributed by atoms with van der Waals surface area (Å²) in [5.74, 6) is 0.0903. The summed E-state index contributed by atoms with van der Waals surface area (Å²) in [5.41, 5.74) is 3.92. The molecule has 1 aliphatic heterocycles. The molecule has 0 aliphatic carbocycles. The molecule has 0 fully saturated rings. The SMILES string of the molecule is CSc1cccc2c1-c1ccc(CS(N)(=O)=O)cc1C(c1cccc(F)c1)O2. The molecule has 0 radical (unpaired) electrons. The maximum Gasteiger partial charge on any atom is 0.213 e. The summed E-state index contributed by atoms with van der Waals surface area (Å²) >= 11 is 1.60. The third-order valence-corrected chi connectivity index (χ3v) is 6.16. The van der Waals surface area contributed by atoms with Crippen molar-refractivity contribution in [2.24, 2.45) is 5.14 Å². The number of thioether (sulfide) groups is 1. The number of hydrogen-bond donors (Lipinski definition) is 1. The molecular weight excluding hydrogens is 397 g/mol. The van der Waals surface area contributed by atoms with Crippen molar-refractivity contribution in [1.29, 1.82) is 0 Å². The van der Waals surface area contributed by atoms with E-state index in [0.29, 0.717) is 16.9 Å².